The van der Waals surface area contributed by atoms with Gasteiger partial charge in [-0.05, 0) is 30.5 Å². The molecular weight excluding hydrogens is 256 g/mol. The lowest BCUT2D eigenvalue weighted by molar-refractivity contribution is 0.0220. The van der Waals surface area contributed by atoms with Crippen molar-refractivity contribution in [2.45, 2.75) is 37.9 Å². The van der Waals surface area contributed by atoms with E-state index in [4.69, 9.17) is 4.74 Å². The fourth-order valence-electron chi connectivity index (χ4n) is 2.71. The van der Waals surface area contributed by atoms with E-state index >= 15 is 0 Å². The molecule has 106 valence electrons. The molecule has 0 radical (unpaired) electrons. The summed E-state index contributed by atoms with van der Waals surface area (Å²) in [4.78, 5) is 0. The van der Waals surface area contributed by atoms with Gasteiger partial charge in [0, 0.05) is 5.56 Å². The third-order valence-electron chi connectivity index (χ3n) is 3.85. The fourth-order valence-corrected chi connectivity index (χ4v) is 2.71. The summed E-state index contributed by atoms with van der Waals surface area (Å²) in [6.45, 7) is 0. The Morgan fingerprint density at radius 1 is 0.857 bits per heavy atom. The van der Waals surface area contributed by atoms with Crippen molar-refractivity contribution in [1.29, 1.82) is 0 Å². The lowest BCUT2D eigenvalue weighted by atomic mass is 10.1. The Morgan fingerprint density at radius 3 is 2.14 bits per heavy atom. The predicted octanol–water partition coefficient (Wildman–Crippen LogP) is 4.74. The van der Waals surface area contributed by atoms with Crippen LogP contribution in [0.5, 0.6) is 0 Å². The summed E-state index contributed by atoms with van der Waals surface area (Å²) in [6.07, 6.45) is 5.11. The minimum absolute atomic E-state index is 0.130. The molecule has 1 aliphatic rings. The first kappa shape index (κ1) is 13.9. The van der Waals surface area contributed by atoms with Gasteiger partial charge in [-0.25, -0.2) is 0 Å². The number of benzene rings is 2. The van der Waals surface area contributed by atoms with Crippen LogP contribution in [-0.4, -0.2) is 6.10 Å². The largest absolute Gasteiger partial charge is 0.358 e. The Morgan fingerprint density at radius 2 is 1.48 bits per heavy atom. The standard InChI is InChI=1S/C20H20O/c1-3-9-17(10-4-1)15-16-20(18-11-5-2-6-12-18)21-19-13-7-8-14-19/h1-6,9-12,19-20H,7-8,13-14H2. The normalized spacial score (nSPS) is 16.2. The summed E-state index contributed by atoms with van der Waals surface area (Å²) in [5, 5.41) is 0. The number of hydrogen-bond acceptors (Lipinski definition) is 1. The molecule has 0 aromatic heterocycles. The van der Waals surface area contributed by atoms with E-state index in [0.29, 0.717) is 6.10 Å². The highest BCUT2D eigenvalue weighted by Crippen LogP contribution is 2.27. The first-order valence-corrected chi connectivity index (χ1v) is 7.69. The molecule has 2 aromatic carbocycles. The lowest BCUT2D eigenvalue weighted by Gasteiger charge is -2.18. The van der Waals surface area contributed by atoms with Crippen LogP contribution in [0.4, 0.5) is 0 Å². The third kappa shape index (κ3) is 3.97. The van der Waals surface area contributed by atoms with Crippen LogP contribution in [0.15, 0.2) is 60.7 Å². The third-order valence-corrected chi connectivity index (χ3v) is 3.85. The monoisotopic (exact) mass is 276 g/mol. The average Bonchev–Trinajstić information content (AvgIpc) is 3.06. The molecule has 0 bridgehead atoms. The van der Waals surface area contributed by atoms with Gasteiger partial charge in [0.05, 0.1) is 6.10 Å². The number of rotatable bonds is 3. The van der Waals surface area contributed by atoms with Gasteiger partial charge in [-0.15, -0.1) is 0 Å². The second-order valence-electron chi connectivity index (χ2n) is 5.47. The Hall–Kier alpha value is -2.04. The fraction of sp³-hybridized carbons (Fsp3) is 0.300. The van der Waals surface area contributed by atoms with Crippen molar-refractivity contribution in [1.82, 2.24) is 0 Å². The van der Waals surface area contributed by atoms with E-state index in [1.54, 1.807) is 0 Å². The van der Waals surface area contributed by atoms with E-state index in [1.165, 1.54) is 12.8 Å². The molecule has 1 unspecified atom stereocenters. The van der Waals surface area contributed by atoms with Crippen LogP contribution in [0.3, 0.4) is 0 Å². The van der Waals surface area contributed by atoms with Crippen LogP contribution in [0.25, 0.3) is 0 Å². The van der Waals surface area contributed by atoms with Gasteiger partial charge < -0.3 is 4.74 Å². The van der Waals surface area contributed by atoms with Gasteiger partial charge in [-0.1, -0.05) is 73.2 Å². The van der Waals surface area contributed by atoms with E-state index in [2.05, 4.69) is 24.0 Å². The van der Waals surface area contributed by atoms with Gasteiger partial charge in [0.25, 0.3) is 0 Å². The predicted molar refractivity (Wildman–Crippen MR) is 85.8 cm³/mol. The summed E-state index contributed by atoms with van der Waals surface area (Å²) < 4.78 is 6.25. The van der Waals surface area contributed by atoms with Gasteiger partial charge in [-0.2, -0.15) is 0 Å². The summed E-state index contributed by atoms with van der Waals surface area (Å²) in [7, 11) is 0. The Kier molecular flexibility index (Phi) is 4.71. The molecule has 0 heterocycles. The molecule has 2 aromatic rings. The van der Waals surface area contributed by atoms with E-state index in [-0.39, 0.29) is 6.10 Å². The summed E-state index contributed by atoms with van der Waals surface area (Å²) in [6, 6.07) is 20.4. The Labute approximate surface area is 127 Å². The molecule has 21 heavy (non-hydrogen) atoms. The average molecular weight is 276 g/mol. The zero-order chi connectivity index (χ0) is 14.3. The van der Waals surface area contributed by atoms with Crippen molar-refractivity contribution in [2.24, 2.45) is 0 Å². The van der Waals surface area contributed by atoms with Gasteiger partial charge in [0.1, 0.15) is 6.10 Å². The highest BCUT2D eigenvalue weighted by atomic mass is 16.5. The van der Waals surface area contributed by atoms with Crippen LogP contribution < -0.4 is 0 Å². The second-order valence-corrected chi connectivity index (χ2v) is 5.47. The van der Waals surface area contributed by atoms with Crippen molar-refractivity contribution in [3.63, 3.8) is 0 Å². The summed E-state index contributed by atoms with van der Waals surface area (Å²) in [5.41, 5.74) is 2.18. The van der Waals surface area contributed by atoms with Gasteiger partial charge in [0.15, 0.2) is 0 Å². The molecule has 0 N–H and O–H groups in total. The van der Waals surface area contributed by atoms with Crippen molar-refractivity contribution < 1.29 is 4.74 Å². The molecule has 1 fully saturated rings. The molecular formula is C20H20O. The van der Waals surface area contributed by atoms with E-state index in [1.807, 2.05) is 48.5 Å². The molecule has 0 amide bonds. The Bertz CT molecular complexity index is 601. The van der Waals surface area contributed by atoms with Crippen LogP contribution in [-0.2, 0) is 4.74 Å². The first-order chi connectivity index (χ1) is 10.4. The maximum absolute atomic E-state index is 6.25. The minimum Gasteiger partial charge on any atom is -0.358 e. The maximum atomic E-state index is 6.25. The van der Waals surface area contributed by atoms with Crippen LogP contribution in [0.1, 0.15) is 42.9 Å². The summed E-state index contributed by atoms with van der Waals surface area (Å²) >= 11 is 0. The first-order valence-electron chi connectivity index (χ1n) is 7.69. The molecule has 1 aliphatic carbocycles. The van der Waals surface area contributed by atoms with Crippen molar-refractivity contribution in [3.05, 3.63) is 71.8 Å². The highest BCUT2D eigenvalue weighted by molar-refractivity contribution is 5.36. The Balaban J connectivity index is 1.80. The number of ether oxygens (including phenoxy) is 1. The summed E-state index contributed by atoms with van der Waals surface area (Å²) in [5.74, 6) is 6.55. The number of hydrogen-bond donors (Lipinski definition) is 0. The van der Waals surface area contributed by atoms with Crippen LogP contribution in [0.2, 0.25) is 0 Å². The quantitative estimate of drug-likeness (QED) is 0.736. The van der Waals surface area contributed by atoms with Crippen LogP contribution in [0, 0.1) is 11.8 Å². The van der Waals surface area contributed by atoms with E-state index < -0.39 is 0 Å². The lowest BCUT2D eigenvalue weighted by Crippen LogP contribution is -2.12. The van der Waals surface area contributed by atoms with E-state index in [0.717, 1.165) is 24.0 Å². The van der Waals surface area contributed by atoms with Gasteiger partial charge in [-0.3, -0.25) is 0 Å². The van der Waals surface area contributed by atoms with Crippen LogP contribution >= 0.6 is 0 Å². The maximum Gasteiger partial charge on any atom is 0.144 e. The van der Waals surface area contributed by atoms with Gasteiger partial charge in [0.2, 0.25) is 0 Å². The van der Waals surface area contributed by atoms with Gasteiger partial charge >= 0.3 is 0 Å². The molecule has 1 atom stereocenters. The molecule has 0 aliphatic heterocycles. The van der Waals surface area contributed by atoms with E-state index in [9.17, 15) is 0 Å². The van der Waals surface area contributed by atoms with Crippen molar-refractivity contribution in [2.75, 3.05) is 0 Å². The molecule has 1 nitrogen and oxygen atoms in total. The minimum atomic E-state index is -0.130. The molecule has 0 spiro atoms. The SMILES string of the molecule is C(#CC(OC1CCCC1)c1ccccc1)c1ccccc1. The topological polar surface area (TPSA) is 9.23 Å². The van der Waals surface area contributed by atoms with Crippen molar-refractivity contribution >= 4 is 0 Å². The zero-order valence-electron chi connectivity index (χ0n) is 12.2. The molecule has 1 saturated carbocycles. The second kappa shape index (κ2) is 7.11. The molecule has 1 heteroatoms. The molecule has 3 rings (SSSR count). The zero-order valence-corrected chi connectivity index (χ0v) is 12.2. The van der Waals surface area contributed by atoms with Crippen molar-refractivity contribution in [3.8, 4) is 11.8 Å². The molecule has 0 saturated heterocycles. The highest BCUT2D eigenvalue weighted by Gasteiger charge is 2.20. The smallest absolute Gasteiger partial charge is 0.144 e.